The summed E-state index contributed by atoms with van der Waals surface area (Å²) in [5.41, 5.74) is 4.82. The first-order valence-corrected chi connectivity index (χ1v) is 9.04. The van der Waals surface area contributed by atoms with Crippen LogP contribution in [0.15, 0.2) is 67.0 Å². The van der Waals surface area contributed by atoms with E-state index in [1.807, 2.05) is 36.5 Å². The Balaban J connectivity index is 1.62. The van der Waals surface area contributed by atoms with E-state index in [9.17, 15) is 4.79 Å². The average molecular weight is 388 g/mol. The third-order valence-electron chi connectivity index (χ3n) is 4.66. The number of benzene rings is 2. The van der Waals surface area contributed by atoms with Gasteiger partial charge in [-0.25, -0.2) is 4.98 Å². The lowest BCUT2D eigenvalue weighted by molar-refractivity contribution is 0.102. The summed E-state index contributed by atoms with van der Waals surface area (Å²) in [5.74, 6) is -0.331. The summed E-state index contributed by atoms with van der Waals surface area (Å²) in [6.45, 7) is 0. The summed E-state index contributed by atoms with van der Waals surface area (Å²) < 4.78 is 0. The highest BCUT2D eigenvalue weighted by molar-refractivity contribution is 6.29. The maximum Gasteiger partial charge on any atom is 0.274 e. The molecule has 7 heteroatoms. The second-order valence-electron chi connectivity index (χ2n) is 6.40. The van der Waals surface area contributed by atoms with E-state index in [2.05, 4.69) is 31.5 Å². The van der Waals surface area contributed by atoms with Gasteiger partial charge in [-0.05, 0) is 47.5 Å². The number of pyridine rings is 1. The van der Waals surface area contributed by atoms with Gasteiger partial charge in [0.25, 0.3) is 5.91 Å². The van der Waals surface area contributed by atoms with Crippen LogP contribution >= 0.6 is 11.6 Å². The van der Waals surface area contributed by atoms with Crippen molar-refractivity contribution in [3.05, 3.63) is 77.8 Å². The number of nitrogens with zero attached hydrogens (tertiary/aromatic N) is 2. The third-order valence-corrected chi connectivity index (χ3v) is 4.87. The Morgan fingerprint density at radius 3 is 2.79 bits per heavy atom. The number of anilines is 1. The molecule has 3 aromatic heterocycles. The van der Waals surface area contributed by atoms with E-state index >= 15 is 0 Å². The van der Waals surface area contributed by atoms with E-state index in [-0.39, 0.29) is 16.8 Å². The largest absolute Gasteiger partial charge is 0.361 e. The van der Waals surface area contributed by atoms with Gasteiger partial charge in [-0.15, -0.1) is 0 Å². The van der Waals surface area contributed by atoms with Crippen LogP contribution in [0.3, 0.4) is 0 Å². The van der Waals surface area contributed by atoms with Crippen LogP contribution in [0.1, 0.15) is 10.5 Å². The molecule has 0 aliphatic rings. The van der Waals surface area contributed by atoms with Crippen molar-refractivity contribution in [2.24, 2.45) is 0 Å². The molecule has 6 nitrogen and oxygen atoms in total. The number of amides is 1. The zero-order chi connectivity index (χ0) is 19.1. The Hall–Kier alpha value is -3.64. The van der Waals surface area contributed by atoms with Gasteiger partial charge in [-0.3, -0.25) is 9.89 Å². The van der Waals surface area contributed by atoms with E-state index < -0.39 is 0 Å². The highest BCUT2D eigenvalue weighted by Gasteiger charge is 2.14. The van der Waals surface area contributed by atoms with Gasteiger partial charge in [0.2, 0.25) is 0 Å². The number of hydrogen-bond donors (Lipinski definition) is 3. The fourth-order valence-corrected chi connectivity index (χ4v) is 3.53. The van der Waals surface area contributed by atoms with Crippen LogP contribution < -0.4 is 5.32 Å². The zero-order valence-electron chi connectivity index (χ0n) is 14.5. The second kappa shape index (κ2) is 6.51. The maximum atomic E-state index is 12.7. The Morgan fingerprint density at radius 1 is 1.00 bits per heavy atom. The van der Waals surface area contributed by atoms with Crippen molar-refractivity contribution in [3.8, 4) is 11.1 Å². The molecule has 0 unspecified atom stereocenters. The minimum atomic E-state index is -0.331. The highest BCUT2D eigenvalue weighted by Crippen LogP contribution is 2.34. The van der Waals surface area contributed by atoms with E-state index in [0.717, 1.165) is 32.9 Å². The number of carbonyl (C=O) groups is 1. The van der Waals surface area contributed by atoms with Crippen molar-refractivity contribution in [1.82, 2.24) is 20.2 Å². The summed E-state index contributed by atoms with van der Waals surface area (Å²) in [6, 6.07) is 17.0. The van der Waals surface area contributed by atoms with E-state index in [1.165, 1.54) is 0 Å². The fraction of sp³-hybridized carbons (Fsp3) is 0. The molecule has 0 fully saturated rings. The van der Waals surface area contributed by atoms with Gasteiger partial charge in [-0.2, -0.15) is 5.10 Å². The summed E-state index contributed by atoms with van der Waals surface area (Å²) in [4.78, 5) is 20.0. The SMILES string of the molecule is O=C(Nc1cc(-c2cccc3[nH]ccc23)cc2[nH]ncc12)c1cccc(Cl)n1. The lowest BCUT2D eigenvalue weighted by Gasteiger charge is -2.10. The minimum absolute atomic E-state index is 0.252. The van der Waals surface area contributed by atoms with Crippen LogP contribution in [-0.2, 0) is 0 Å². The van der Waals surface area contributed by atoms with Crippen LogP contribution in [0.4, 0.5) is 5.69 Å². The molecule has 136 valence electrons. The average Bonchev–Trinajstić information content (AvgIpc) is 3.36. The number of aromatic amines is 2. The molecule has 5 rings (SSSR count). The maximum absolute atomic E-state index is 12.7. The highest BCUT2D eigenvalue weighted by atomic mass is 35.5. The Labute approximate surface area is 164 Å². The standard InChI is InChI=1S/C21H14ClN5O/c22-20-6-2-5-17(25-20)21(28)26-18-9-12(10-19-15(18)11-24-27-19)13-3-1-4-16-14(13)7-8-23-16/h1-11,23H,(H,24,27)(H,26,28). The predicted octanol–water partition coefficient (Wildman–Crippen LogP) is 5.01. The van der Waals surface area contributed by atoms with Crippen LogP contribution in [0.25, 0.3) is 32.9 Å². The molecule has 28 heavy (non-hydrogen) atoms. The topological polar surface area (TPSA) is 86.5 Å². The lowest BCUT2D eigenvalue weighted by atomic mass is 9.99. The number of rotatable bonds is 3. The first kappa shape index (κ1) is 16.5. The summed E-state index contributed by atoms with van der Waals surface area (Å²) in [5, 5.41) is 12.2. The number of hydrogen-bond acceptors (Lipinski definition) is 3. The third kappa shape index (κ3) is 2.80. The first-order chi connectivity index (χ1) is 13.7. The first-order valence-electron chi connectivity index (χ1n) is 8.66. The molecule has 0 bridgehead atoms. The molecular formula is C21H14ClN5O. The predicted molar refractivity (Wildman–Crippen MR) is 111 cm³/mol. The number of halogens is 1. The molecule has 0 aliphatic heterocycles. The lowest BCUT2D eigenvalue weighted by Crippen LogP contribution is -2.13. The van der Waals surface area contributed by atoms with Gasteiger partial charge in [0.1, 0.15) is 10.8 Å². The molecule has 1 amide bonds. The van der Waals surface area contributed by atoms with Crippen LogP contribution in [-0.4, -0.2) is 26.1 Å². The number of carbonyl (C=O) groups excluding carboxylic acids is 1. The number of nitrogens with one attached hydrogen (secondary N) is 3. The van der Waals surface area contributed by atoms with Crippen molar-refractivity contribution < 1.29 is 4.79 Å². The van der Waals surface area contributed by atoms with Crippen molar-refractivity contribution in [3.63, 3.8) is 0 Å². The molecule has 0 atom stereocenters. The normalized spacial score (nSPS) is 11.2. The molecule has 0 aliphatic carbocycles. The quantitative estimate of drug-likeness (QED) is 0.380. The minimum Gasteiger partial charge on any atom is -0.361 e. The molecular weight excluding hydrogens is 374 g/mol. The Morgan fingerprint density at radius 2 is 1.89 bits per heavy atom. The number of aromatic nitrogens is 4. The van der Waals surface area contributed by atoms with Crippen molar-refractivity contribution in [2.45, 2.75) is 0 Å². The molecule has 0 saturated heterocycles. The smallest absolute Gasteiger partial charge is 0.274 e. The van der Waals surface area contributed by atoms with Gasteiger partial charge >= 0.3 is 0 Å². The van der Waals surface area contributed by atoms with Crippen LogP contribution in [0.5, 0.6) is 0 Å². The summed E-state index contributed by atoms with van der Waals surface area (Å²) in [7, 11) is 0. The molecule has 5 aromatic rings. The second-order valence-corrected chi connectivity index (χ2v) is 6.79. The van der Waals surface area contributed by atoms with Crippen molar-refractivity contribution in [1.29, 1.82) is 0 Å². The summed E-state index contributed by atoms with van der Waals surface area (Å²) in [6.07, 6.45) is 3.60. The van der Waals surface area contributed by atoms with Gasteiger partial charge in [0, 0.05) is 22.5 Å². The van der Waals surface area contributed by atoms with Gasteiger partial charge in [0.05, 0.1) is 17.4 Å². The Kier molecular flexibility index (Phi) is 3.84. The van der Waals surface area contributed by atoms with E-state index in [0.29, 0.717) is 5.69 Å². The molecule has 3 N–H and O–H groups in total. The van der Waals surface area contributed by atoms with E-state index in [1.54, 1.807) is 24.4 Å². The molecule has 2 aromatic carbocycles. The Bertz CT molecular complexity index is 1340. The van der Waals surface area contributed by atoms with Crippen LogP contribution in [0.2, 0.25) is 5.15 Å². The van der Waals surface area contributed by atoms with Crippen molar-refractivity contribution in [2.75, 3.05) is 5.32 Å². The monoisotopic (exact) mass is 387 g/mol. The number of H-pyrrole nitrogens is 2. The molecule has 0 saturated carbocycles. The molecule has 0 radical (unpaired) electrons. The fourth-order valence-electron chi connectivity index (χ4n) is 3.37. The number of fused-ring (bicyclic) bond motifs is 2. The van der Waals surface area contributed by atoms with Gasteiger partial charge < -0.3 is 10.3 Å². The summed E-state index contributed by atoms with van der Waals surface area (Å²) >= 11 is 5.91. The molecule has 3 heterocycles. The zero-order valence-corrected chi connectivity index (χ0v) is 15.3. The van der Waals surface area contributed by atoms with Crippen molar-refractivity contribution >= 4 is 45.0 Å². The van der Waals surface area contributed by atoms with Gasteiger partial charge in [0.15, 0.2) is 0 Å². The van der Waals surface area contributed by atoms with E-state index in [4.69, 9.17) is 11.6 Å². The van der Waals surface area contributed by atoms with Crippen LogP contribution in [0, 0.1) is 0 Å². The molecule has 0 spiro atoms. The van der Waals surface area contributed by atoms with Gasteiger partial charge in [-0.1, -0.05) is 29.8 Å².